The van der Waals surface area contributed by atoms with Gasteiger partial charge in [-0.3, -0.25) is 4.90 Å². The van der Waals surface area contributed by atoms with Crippen molar-refractivity contribution in [2.75, 3.05) is 38.2 Å². The summed E-state index contributed by atoms with van der Waals surface area (Å²) in [6.45, 7) is 2.69. The van der Waals surface area contributed by atoms with E-state index in [1.807, 2.05) is 24.3 Å². The number of rotatable bonds is 6. The maximum atomic E-state index is 11.9. The smallest absolute Gasteiger partial charge is 0.211 e. The number of hydrogen-bond donors (Lipinski definition) is 2. The molecule has 2 aliphatic rings. The van der Waals surface area contributed by atoms with E-state index in [1.54, 1.807) is 4.31 Å². The van der Waals surface area contributed by atoms with E-state index >= 15 is 0 Å². The molecule has 1 saturated carbocycles. The Kier molecular flexibility index (Phi) is 6.91. The first kappa shape index (κ1) is 27.0. The number of nitrogens with zero attached hydrogens (tertiary/aromatic N) is 7. The Balaban J connectivity index is 1.13. The number of piperazine rings is 1. The Hall–Kier alpha value is -3.87. The highest BCUT2D eigenvalue weighted by Gasteiger charge is 2.32. The second-order valence-electron chi connectivity index (χ2n) is 11.5. The van der Waals surface area contributed by atoms with Gasteiger partial charge in [0.15, 0.2) is 5.65 Å². The molecule has 0 spiro atoms. The fraction of sp³-hybridized carbons (Fsp3) is 0.400. The average Bonchev–Trinajstić information content (AvgIpc) is 3.59. The highest BCUT2D eigenvalue weighted by Crippen LogP contribution is 2.37. The molecule has 2 fully saturated rings. The summed E-state index contributed by atoms with van der Waals surface area (Å²) in [5, 5.41) is 5.88. The predicted molar refractivity (Wildman–Crippen MR) is 163 cm³/mol. The number of benzene rings is 2. The van der Waals surface area contributed by atoms with Gasteiger partial charge in [0.1, 0.15) is 23.7 Å². The number of sulfonamides is 1. The zero-order chi connectivity index (χ0) is 28.8. The van der Waals surface area contributed by atoms with Crippen molar-refractivity contribution in [2.24, 2.45) is 0 Å². The molecule has 4 heterocycles. The van der Waals surface area contributed by atoms with Crippen molar-refractivity contribution < 1.29 is 8.42 Å². The van der Waals surface area contributed by atoms with Gasteiger partial charge in [-0.25, -0.2) is 28.1 Å². The largest absolute Gasteiger partial charge is 0.383 e. The summed E-state index contributed by atoms with van der Waals surface area (Å²) >= 11 is 0. The third kappa shape index (κ3) is 5.14. The number of hydrogen-bond acceptors (Lipinski definition) is 8. The number of nitrogens with two attached hydrogens (primary N) is 1. The highest BCUT2D eigenvalue weighted by molar-refractivity contribution is 7.88. The van der Waals surface area contributed by atoms with E-state index in [0.717, 1.165) is 84.3 Å². The van der Waals surface area contributed by atoms with Gasteiger partial charge in [-0.15, -0.1) is 0 Å². The van der Waals surface area contributed by atoms with E-state index in [1.165, 1.54) is 18.1 Å². The van der Waals surface area contributed by atoms with Crippen LogP contribution in [0.4, 0.5) is 5.82 Å². The van der Waals surface area contributed by atoms with E-state index in [9.17, 15) is 8.42 Å². The van der Waals surface area contributed by atoms with Crippen LogP contribution in [0.25, 0.3) is 33.3 Å². The molecular formula is C30H35N9O2S. The van der Waals surface area contributed by atoms with Crippen LogP contribution in [-0.4, -0.2) is 85.8 Å². The quantitative estimate of drug-likeness (QED) is 0.308. The molecule has 0 bridgehead atoms. The van der Waals surface area contributed by atoms with Gasteiger partial charge in [0, 0.05) is 44.2 Å². The molecule has 218 valence electrons. The van der Waals surface area contributed by atoms with E-state index in [-0.39, 0.29) is 6.04 Å². The van der Waals surface area contributed by atoms with E-state index in [2.05, 4.69) is 48.8 Å². The number of aromatic amines is 1. The molecule has 0 amide bonds. The fourth-order valence-corrected chi connectivity index (χ4v) is 7.43. The Bertz CT molecular complexity index is 1840. The zero-order valence-electron chi connectivity index (χ0n) is 23.6. The maximum absolute atomic E-state index is 11.9. The lowest BCUT2D eigenvalue weighted by Crippen LogP contribution is -2.52. The summed E-state index contributed by atoms with van der Waals surface area (Å²) in [7, 11) is -3.13. The monoisotopic (exact) mass is 585 g/mol. The molecule has 42 heavy (non-hydrogen) atoms. The van der Waals surface area contributed by atoms with Crippen LogP contribution in [0.5, 0.6) is 0 Å². The van der Waals surface area contributed by atoms with Gasteiger partial charge in [-0.1, -0.05) is 36.4 Å². The van der Waals surface area contributed by atoms with E-state index in [0.29, 0.717) is 24.9 Å². The van der Waals surface area contributed by atoms with Crippen LogP contribution in [-0.2, 0) is 16.4 Å². The normalized spacial score (nSPS) is 20.9. The summed E-state index contributed by atoms with van der Waals surface area (Å²) < 4.78 is 27.5. The lowest BCUT2D eigenvalue weighted by atomic mass is 9.90. The van der Waals surface area contributed by atoms with Crippen molar-refractivity contribution in [1.29, 1.82) is 0 Å². The average molecular weight is 586 g/mol. The van der Waals surface area contributed by atoms with Crippen molar-refractivity contribution in [3.05, 3.63) is 66.2 Å². The molecule has 11 nitrogen and oxygen atoms in total. The molecule has 12 heteroatoms. The highest BCUT2D eigenvalue weighted by atomic mass is 32.2. The van der Waals surface area contributed by atoms with E-state index in [4.69, 9.17) is 15.8 Å². The third-order valence-electron chi connectivity index (χ3n) is 8.81. The van der Waals surface area contributed by atoms with Gasteiger partial charge < -0.3 is 10.7 Å². The Morgan fingerprint density at radius 2 is 1.69 bits per heavy atom. The second-order valence-corrected chi connectivity index (χ2v) is 13.5. The first-order valence-electron chi connectivity index (χ1n) is 14.5. The van der Waals surface area contributed by atoms with Gasteiger partial charge in [-0.05, 0) is 43.4 Å². The first-order valence-corrected chi connectivity index (χ1v) is 16.4. The molecule has 1 saturated heterocycles. The number of imidazole rings is 1. The van der Waals surface area contributed by atoms with Crippen molar-refractivity contribution in [1.82, 2.24) is 38.9 Å². The van der Waals surface area contributed by atoms with Crippen LogP contribution < -0.4 is 5.73 Å². The second kappa shape index (κ2) is 10.8. The Labute approximate surface area is 244 Å². The Morgan fingerprint density at radius 1 is 0.952 bits per heavy atom. The standard InChI is InChI=1S/C30H35N9O2S/c1-42(40,41)38-15-13-37(14-16-38)22-8-10-23(11-9-22)39-30-27(29(31)32-19-33-30)28(36-39)21-7-12-24-25(18-21)35-26(34-24)17-20-5-3-2-4-6-20/h2-7,12,18-19,22-23H,8-11,13-17H2,1H3,(H,34,35)(H2,31,32,33)/t22-,23-. The van der Waals surface area contributed by atoms with Gasteiger partial charge in [-0.2, -0.15) is 9.40 Å². The minimum absolute atomic E-state index is 0.204. The number of anilines is 1. The van der Waals surface area contributed by atoms with Gasteiger partial charge in [0.25, 0.3) is 0 Å². The molecule has 2 aromatic carbocycles. The van der Waals surface area contributed by atoms with Crippen molar-refractivity contribution in [3.8, 4) is 11.3 Å². The minimum atomic E-state index is -3.13. The van der Waals surface area contributed by atoms with Crippen molar-refractivity contribution in [3.63, 3.8) is 0 Å². The number of fused-ring (bicyclic) bond motifs is 2. The lowest BCUT2D eigenvalue weighted by Gasteiger charge is -2.41. The number of nitrogen functional groups attached to an aromatic ring is 1. The molecular weight excluding hydrogens is 550 g/mol. The topological polar surface area (TPSA) is 139 Å². The number of nitrogens with one attached hydrogen (secondary N) is 1. The molecule has 3 aromatic heterocycles. The maximum Gasteiger partial charge on any atom is 0.211 e. The molecule has 0 atom stereocenters. The summed E-state index contributed by atoms with van der Waals surface area (Å²) in [4.78, 5) is 19.7. The molecule has 1 aliphatic carbocycles. The molecule has 3 N–H and O–H groups in total. The zero-order valence-corrected chi connectivity index (χ0v) is 24.5. The van der Waals surface area contributed by atoms with Crippen molar-refractivity contribution in [2.45, 2.75) is 44.2 Å². The van der Waals surface area contributed by atoms with E-state index < -0.39 is 10.0 Å². The van der Waals surface area contributed by atoms with Gasteiger partial charge >= 0.3 is 0 Å². The van der Waals surface area contributed by atoms with Crippen LogP contribution in [0.2, 0.25) is 0 Å². The lowest BCUT2D eigenvalue weighted by molar-refractivity contribution is 0.0988. The van der Waals surface area contributed by atoms with Crippen LogP contribution in [0.1, 0.15) is 43.1 Å². The molecule has 0 radical (unpaired) electrons. The molecule has 0 unspecified atom stereocenters. The minimum Gasteiger partial charge on any atom is -0.383 e. The molecule has 5 aromatic rings. The van der Waals surface area contributed by atoms with Crippen LogP contribution in [0.15, 0.2) is 54.9 Å². The molecule has 1 aliphatic heterocycles. The van der Waals surface area contributed by atoms with Crippen molar-refractivity contribution >= 4 is 37.9 Å². The van der Waals surface area contributed by atoms with Crippen LogP contribution in [0, 0.1) is 0 Å². The summed E-state index contributed by atoms with van der Waals surface area (Å²) in [6, 6.07) is 17.1. The van der Waals surface area contributed by atoms with Gasteiger partial charge in [0.05, 0.1) is 28.7 Å². The van der Waals surface area contributed by atoms with Crippen LogP contribution in [0.3, 0.4) is 0 Å². The summed E-state index contributed by atoms with van der Waals surface area (Å²) in [5.74, 6) is 1.34. The first-order chi connectivity index (χ1) is 20.3. The number of H-pyrrole nitrogens is 1. The Morgan fingerprint density at radius 3 is 2.43 bits per heavy atom. The van der Waals surface area contributed by atoms with Crippen LogP contribution >= 0.6 is 0 Å². The summed E-state index contributed by atoms with van der Waals surface area (Å²) in [5.41, 5.74) is 12.0. The molecule has 7 rings (SSSR count). The van der Waals surface area contributed by atoms with Gasteiger partial charge in [0.2, 0.25) is 10.0 Å². The SMILES string of the molecule is CS(=O)(=O)N1CCN([C@H]2CC[C@H](n3nc(-c4ccc5[nH]c(Cc6ccccc6)nc5c4)c4c(N)ncnc43)CC2)CC1. The fourth-order valence-electron chi connectivity index (χ4n) is 6.60. The number of aromatic nitrogens is 6. The summed E-state index contributed by atoms with van der Waals surface area (Å²) in [6.07, 6.45) is 7.55. The predicted octanol–water partition coefficient (Wildman–Crippen LogP) is 3.60. The third-order valence-corrected chi connectivity index (χ3v) is 10.1.